The number of aromatic nitrogens is 3. The maximum Gasteiger partial charge on any atom is 0.233 e. The molecule has 3 rings (SSSR count). The summed E-state index contributed by atoms with van der Waals surface area (Å²) >= 11 is 1.42. The van der Waals surface area contributed by atoms with E-state index in [1.54, 1.807) is 0 Å². The molecule has 2 atom stereocenters. The minimum absolute atomic E-state index is 0.00233. The van der Waals surface area contributed by atoms with Gasteiger partial charge in [-0.3, -0.25) is 9.36 Å². The van der Waals surface area contributed by atoms with E-state index in [1.165, 1.54) is 11.8 Å². The number of rotatable bonds is 6. The monoisotopic (exact) mass is 360 g/mol. The number of ether oxygens (including phenoxy) is 1. The zero-order valence-electron chi connectivity index (χ0n) is 14.9. The molecule has 0 radical (unpaired) electrons. The third kappa shape index (κ3) is 4.22. The molecule has 1 fully saturated rings. The average Bonchev–Trinajstić information content (AvgIpc) is 3.23. The summed E-state index contributed by atoms with van der Waals surface area (Å²) in [6, 6.07) is 8.10. The Balaban J connectivity index is 1.68. The van der Waals surface area contributed by atoms with Gasteiger partial charge in [0.15, 0.2) is 5.16 Å². The van der Waals surface area contributed by atoms with Crippen LogP contribution >= 0.6 is 11.8 Å². The van der Waals surface area contributed by atoms with E-state index in [9.17, 15) is 4.79 Å². The molecular formula is C18H24N4O2S. The van der Waals surface area contributed by atoms with Gasteiger partial charge in [0.2, 0.25) is 5.91 Å². The first-order valence-corrected chi connectivity index (χ1v) is 9.48. The highest BCUT2D eigenvalue weighted by Gasteiger charge is 2.22. The van der Waals surface area contributed by atoms with Crippen LogP contribution in [0.4, 0.5) is 0 Å². The van der Waals surface area contributed by atoms with Crippen LogP contribution in [0.2, 0.25) is 0 Å². The van der Waals surface area contributed by atoms with E-state index in [1.807, 2.05) is 36.6 Å². The third-order valence-electron chi connectivity index (χ3n) is 4.33. The molecule has 6 nitrogen and oxygen atoms in total. The van der Waals surface area contributed by atoms with Crippen molar-refractivity contribution in [3.05, 3.63) is 35.7 Å². The minimum atomic E-state index is -0.257. The predicted molar refractivity (Wildman–Crippen MR) is 98.1 cm³/mol. The number of nitrogens with zero attached hydrogens (tertiary/aromatic N) is 3. The molecule has 0 saturated carbocycles. The molecule has 1 aliphatic heterocycles. The molecule has 0 aliphatic carbocycles. The molecule has 1 aromatic heterocycles. The molecule has 1 N–H and O–H groups in total. The summed E-state index contributed by atoms with van der Waals surface area (Å²) in [7, 11) is 0. The fourth-order valence-electron chi connectivity index (χ4n) is 2.89. The van der Waals surface area contributed by atoms with Gasteiger partial charge in [0.25, 0.3) is 0 Å². The van der Waals surface area contributed by atoms with Gasteiger partial charge in [0.1, 0.15) is 5.82 Å². The normalized spacial score (nSPS) is 18.3. The SMILES string of the molecule is Cc1ccccc1-n1c(C)nnc1S[C@H](C)C(=O)NC[C@H]1CCCO1. The van der Waals surface area contributed by atoms with Crippen molar-refractivity contribution < 1.29 is 9.53 Å². The second-order valence-corrected chi connectivity index (χ2v) is 7.60. The molecule has 2 aromatic rings. The first-order valence-electron chi connectivity index (χ1n) is 8.60. The van der Waals surface area contributed by atoms with E-state index >= 15 is 0 Å². The second kappa shape index (κ2) is 8.01. The smallest absolute Gasteiger partial charge is 0.233 e. The van der Waals surface area contributed by atoms with Gasteiger partial charge in [0, 0.05) is 13.2 Å². The van der Waals surface area contributed by atoms with Crippen molar-refractivity contribution >= 4 is 17.7 Å². The summed E-state index contributed by atoms with van der Waals surface area (Å²) in [5.74, 6) is 0.807. The predicted octanol–water partition coefficient (Wildman–Crippen LogP) is 2.66. The van der Waals surface area contributed by atoms with Crippen molar-refractivity contribution in [3.8, 4) is 5.69 Å². The highest BCUT2D eigenvalue weighted by Crippen LogP contribution is 2.27. The van der Waals surface area contributed by atoms with Gasteiger partial charge in [-0.1, -0.05) is 30.0 Å². The van der Waals surface area contributed by atoms with Crippen LogP contribution in [0.5, 0.6) is 0 Å². The molecule has 1 amide bonds. The molecule has 0 spiro atoms. The minimum Gasteiger partial charge on any atom is -0.376 e. The van der Waals surface area contributed by atoms with Gasteiger partial charge >= 0.3 is 0 Å². The van der Waals surface area contributed by atoms with Crippen LogP contribution in [0, 0.1) is 13.8 Å². The van der Waals surface area contributed by atoms with E-state index in [4.69, 9.17) is 4.74 Å². The largest absolute Gasteiger partial charge is 0.376 e. The fourth-order valence-corrected chi connectivity index (χ4v) is 3.82. The second-order valence-electron chi connectivity index (χ2n) is 6.29. The van der Waals surface area contributed by atoms with E-state index in [0.717, 1.165) is 41.7 Å². The van der Waals surface area contributed by atoms with Crippen LogP contribution < -0.4 is 5.32 Å². The lowest BCUT2D eigenvalue weighted by molar-refractivity contribution is -0.120. The van der Waals surface area contributed by atoms with Crippen molar-refractivity contribution in [1.82, 2.24) is 20.1 Å². The van der Waals surface area contributed by atoms with Crippen molar-refractivity contribution in [2.24, 2.45) is 0 Å². The average molecular weight is 360 g/mol. The summed E-state index contributed by atoms with van der Waals surface area (Å²) in [4.78, 5) is 12.4. The van der Waals surface area contributed by atoms with Crippen molar-refractivity contribution in [1.29, 1.82) is 0 Å². The lowest BCUT2D eigenvalue weighted by atomic mass is 10.2. The summed E-state index contributed by atoms with van der Waals surface area (Å²) in [5, 5.41) is 11.9. The molecule has 1 aliphatic rings. The summed E-state index contributed by atoms with van der Waals surface area (Å²) < 4.78 is 7.55. The first kappa shape index (κ1) is 17.9. The first-order chi connectivity index (χ1) is 12.1. The van der Waals surface area contributed by atoms with Gasteiger partial charge in [-0.25, -0.2) is 0 Å². The molecule has 1 saturated heterocycles. The van der Waals surface area contributed by atoms with Gasteiger partial charge in [-0.2, -0.15) is 0 Å². The lowest BCUT2D eigenvalue weighted by Crippen LogP contribution is -2.36. The van der Waals surface area contributed by atoms with Crippen molar-refractivity contribution in [2.45, 2.75) is 50.1 Å². The Morgan fingerprint density at radius 1 is 1.40 bits per heavy atom. The van der Waals surface area contributed by atoms with Crippen molar-refractivity contribution in [2.75, 3.05) is 13.2 Å². The molecule has 0 unspecified atom stereocenters. The number of hydrogen-bond donors (Lipinski definition) is 1. The number of carbonyl (C=O) groups is 1. The van der Waals surface area contributed by atoms with E-state index in [2.05, 4.69) is 28.5 Å². The molecule has 7 heteroatoms. The van der Waals surface area contributed by atoms with Crippen LogP contribution in [-0.4, -0.2) is 45.2 Å². The number of carbonyl (C=O) groups excluding carboxylic acids is 1. The third-order valence-corrected chi connectivity index (χ3v) is 5.37. The number of amides is 1. The number of nitrogens with one attached hydrogen (secondary N) is 1. The number of benzene rings is 1. The van der Waals surface area contributed by atoms with Crippen LogP contribution in [0.1, 0.15) is 31.2 Å². The van der Waals surface area contributed by atoms with E-state index in [0.29, 0.717) is 6.54 Å². The van der Waals surface area contributed by atoms with E-state index < -0.39 is 0 Å². The number of para-hydroxylation sites is 1. The van der Waals surface area contributed by atoms with Crippen LogP contribution in [0.3, 0.4) is 0 Å². The van der Waals surface area contributed by atoms with Gasteiger partial charge in [-0.15, -0.1) is 10.2 Å². The zero-order chi connectivity index (χ0) is 17.8. The number of hydrogen-bond acceptors (Lipinski definition) is 5. The Morgan fingerprint density at radius 2 is 2.20 bits per heavy atom. The quantitative estimate of drug-likeness (QED) is 0.802. The molecule has 2 heterocycles. The van der Waals surface area contributed by atoms with E-state index in [-0.39, 0.29) is 17.3 Å². The maximum absolute atomic E-state index is 12.4. The highest BCUT2D eigenvalue weighted by molar-refractivity contribution is 8.00. The van der Waals surface area contributed by atoms with Gasteiger partial charge in [0.05, 0.1) is 17.0 Å². The Morgan fingerprint density at radius 3 is 2.92 bits per heavy atom. The van der Waals surface area contributed by atoms with Gasteiger partial charge < -0.3 is 10.1 Å². The Bertz CT molecular complexity index is 740. The summed E-state index contributed by atoms with van der Waals surface area (Å²) in [5.41, 5.74) is 2.18. The number of aryl methyl sites for hydroxylation is 2. The Labute approximate surface area is 152 Å². The van der Waals surface area contributed by atoms with Crippen molar-refractivity contribution in [3.63, 3.8) is 0 Å². The lowest BCUT2D eigenvalue weighted by Gasteiger charge is -2.16. The summed E-state index contributed by atoms with van der Waals surface area (Å²) in [6.07, 6.45) is 2.24. The Kier molecular flexibility index (Phi) is 5.75. The van der Waals surface area contributed by atoms with Gasteiger partial charge in [-0.05, 0) is 45.2 Å². The van der Waals surface area contributed by atoms with Crippen LogP contribution in [0.15, 0.2) is 29.4 Å². The van der Waals surface area contributed by atoms with Crippen LogP contribution in [0.25, 0.3) is 5.69 Å². The molecule has 25 heavy (non-hydrogen) atoms. The zero-order valence-corrected chi connectivity index (χ0v) is 15.7. The maximum atomic E-state index is 12.4. The fraction of sp³-hybridized carbons (Fsp3) is 0.500. The molecule has 0 bridgehead atoms. The van der Waals surface area contributed by atoms with Crippen LogP contribution in [-0.2, 0) is 9.53 Å². The standard InChI is InChI=1S/C18H24N4O2S/c1-12-7-4-5-9-16(12)22-14(3)20-21-18(22)25-13(2)17(23)19-11-15-8-6-10-24-15/h4-5,7,9,13,15H,6,8,10-11H2,1-3H3,(H,19,23)/t13-,15-/m1/s1. The number of thioether (sulfide) groups is 1. The highest BCUT2D eigenvalue weighted by atomic mass is 32.2. The Hall–Kier alpha value is -1.86. The summed E-state index contributed by atoms with van der Waals surface area (Å²) in [6.45, 7) is 7.24. The topological polar surface area (TPSA) is 69.0 Å². The molecular weight excluding hydrogens is 336 g/mol. The molecule has 134 valence electrons. The molecule has 1 aromatic carbocycles.